The van der Waals surface area contributed by atoms with Crippen LogP contribution in [0.25, 0.3) is 0 Å². The van der Waals surface area contributed by atoms with Crippen LogP contribution in [0.1, 0.15) is 49.8 Å². The van der Waals surface area contributed by atoms with Gasteiger partial charge >= 0.3 is 6.03 Å². The summed E-state index contributed by atoms with van der Waals surface area (Å²) < 4.78 is 0. The highest BCUT2D eigenvalue weighted by Crippen LogP contribution is 2.32. The van der Waals surface area contributed by atoms with Crippen molar-refractivity contribution in [2.45, 2.75) is 63.5 Å². The Bertz CT molecular complexity index is 942. The topological polar surface area (TPSA) is 87.4 Å². The number of rotatable bonds is 5. The lowest BCUT2D eigenvalue weighted by Gasteiger charge is -2.36. The second-order valence-corrected chi connectivity index (χ2v) is 9.17. The lowest BCUT2D eigenvalue weighted by molar-refractivity contribution is 0.248. The number of fused-ring (bicyclic) bond motifs is 1. The van der Waals surface area contributed by atoms with Crippen LogP contribution in [0.5, 0.6) is 0 Å². The quantitative estimate of drug-likeness (QED) is 0.717. The molecule has 2 aliphatic rings. The number of nitrogens with two attached hydrogens (primary N) is 1. The molecule has 1 aromatic heterocycles. The van der Waals surface area contributed by atoms with Gasteiger partial charge in [-0.05, 0) is 69.6 Å². The Morgan fingerprint density at radius 1 is 1.13 bits per heavy atom. The van der Waals surface area contributed by atoms with Crippen LogP contribution in [0, 0.1) is 0 Å². The SMILES string of the molecule is CN(C)c1nc(NC2CCC(N(C(N)=O)c3cccc(Cl)c3)CC2)nc2c1CCCC2. The van der Waals surface area contributed by atoms with Crippen molar-refractivity contribution in [3.63, 3.8) is 0 Å². The van der Waals surface area contributed by atoms with Gasteiger partial charge in [0.1, 0.15) is 5.82 Å². The number of halogens is 1. The predicted molar refractivity (Wildman–Crippen MR) is 126 cm³/mol. The highest BCUT2D eigenvalue weighted by atomic mass is 35.5. The van der Waals surface area contributed by atoms with E-state index in [1.807, 2.05) is 26.2 Å². The molecule has 2 amide bonds. The van der Waals surface area contributed by atoms with Gasteiger partial charge in [-0.2, -0.15) is 4.98 Å². The first-order chi connectivity index (χ1) is 14.9. The minimum absolute atomic E-state index is 0.0656. The molecule has 0 bridgehead atoms. The third-order valence-corrected chi connectivity index (χ3v) is 6.54. The minimum Gasteiger partial charge on any atom is -0.362 e. The van der Waals surface area contributed by atoms with Crippen molar-refractivity contribution in [1.82, 2.24) is 9.97 Å². The molecule has 1 fully saturated rings. The van der Waals surface area contributed by atoms with Gasteiger partial charge in [0.25, 0.3) is 0 Å². The second kappa shape index (κ2) is 9.30. The first kappa shape index (κ1) is 21.7. The molecule has 2 aliphatic carbocycles. The molecule has 7 nitrogen and oxygen atoms in total. The Morgan fingerprint density at radius 3 is 2.55 bits per heavy atom. The van der Waals surface area contributed by atoms with Crippen LogP contribution in [0.15, 0.2) is 24.3 Å². The number of hydrogen-bond acceptors (Lipinski definition) is 5. The summed E-state index contributed by atoms with van der Waals surface area (Å²) in [4.78, 5) is 25.6. The van der Waals surface area contributed by atoms with Crippen molar-refractivity contribution in [2.24, 2.45) is 5.73 Å². The van der Waals surface area contributed by atoms with E-state index in [1.54, 1.807) is 17.0 Å². The summed E-state index contributed by atoms with van der Waals surface area (Å²) in [6.45, 7) is 0. The fourth-order valence-electron chi connectivity index (χ4n) is 4.81. The Balaban J connectivity index is 1.44. The summed E-state index contributed by atoms with van der Waals surface area (Å²) >= 11 is 6.13. The summed E-state index contributed by atoms with van der Waals surface area (Å²) in [5.41, 5.74) is 8.95. The molecule has 3 N–H and O–H groups in total. The summed E-state index contributed by atoms with van der Waals surface area (Å²) in [6.07, 6.45) is 8.04. The predicted octanol–water partition coefficient (Wildman–Crippen LogP) is 4.38. The van der Waals surface area contributed by atoms with E-state index in [9.17, 15) is 4.79 Å². The molecule has 0 unspecified atom stereocenters. The summed E-state index contributed by atoms with van der Waals surface area (Å²) in [7, 11) is 4.08. The fraction of sp³-hybridized carbons (Fsp3) is 0.522. The van der Waals surface area contributed by atoms with Gasteiger partial charge in [-0.25, -0.2) is 9.78 Å². The number of aromatic nitrogens is 2. The van der Waals surface area contributed by atoms with Crippen molar-refractivity contribution in [2.75, 3.05) is 29.2 Å². The molecule has 0 spiro atoms. The van der Waals surface area contributed by atoms with E-state index in [1.165, 1.54) is 24.1 Å². The fourth-order valence-corrected chi connectivity index (χ4v) is 5.00. The van der Waals surface area contributed by atoms with Crippen molar-refractivity contribution in [1.29, 1.82) is 0 Å². The van der Waals surface area contributed by atoms with Gasteiger partial charge in [0.05, 0.1) is 5.69 Å². The third kappa shape index (κ3) is 4.87. The number of carbonyl (C=O) groups is 1. The molecule has 0 atom stereocenters. The second-order valence-electron chi connectivity index (χ2n) is 8.74. The monoisotopic (exact) mass is 442 g/mol. The number of urea groups is 1. The summed E-state index contributed by atoms with van der Waals surface area (Å²) in [5, 5.41) is 4.16. The zero-order valence-electron chi connectivity index (χ0n) is 18.3. The van der Waals surface area contributed by atoms with E-state index in [0.717, 1.165) is 56.0 Å². The van der Waals surface area contributed by atoms with Crippen molar-refractivity contribution in [3.05, 3.63) is 40.5 Å². The first-order valence-electron chi connectivity index (χ1n) is 11.1. The van der Waals surface area contributed by atoms with Crippen LogP contribution >= 0.6 is 11.6 Å². The third-order valence-electron chi connectivity index (χ3n) is 6.30. The molecule has 4 rings (SSSR count). The van der Waals surface area contributed by atoms with Gasteiger partial charge in [-0.3, -0.25) is 4.90 Å². The molecular weight excluding hydrogens is 412 g/mol. The van der Waals surface area contributed by atoms with Gasteiger partial charge in [0.15, 0.2) is 0 Å². The maximum absolute atomic E-state index is 12.2. The number of carbonyl (C=O) groups excluding carboxylic acids is 1. The van der Waals surface area contributed by atoms with Crippen molar-refractivity contribution >= 4 is 35.1 Å². The van der Waals surface area contributed by atoms with E-state index in [2.05, 4.69) is 10.2 Å². The Kier molecular flexibility index (Phi) is 6.51. The molecule has 31 heavy (non-hydrogen) atoms. The molecule has 1 saturated carbocycles. The van der Waals surface area contributed by atoms with Crippen LogP contribution in [0.2, 0.25) is 5.02 Å². The number of hydrogen-bond donors (Lipinski definition) is 2. The van der Waals surface area contributed by atoms with Gasteiger partial charge < -0.3 is 16.0 Å². The summed E-state index contributed by atoms with van der Waals surface area (Å²) in [5.74, 6) is 1.75. The maximum atomic E-state index is 12.2. The first-order valence-corrected chi connectivity index (χ1v) is 11.5. The number of benzene rings is 1. The molecule has 0 aliphatic heterocycles. The molecule has 1 aromatic carbocycles. The number of primary amides is 1. The van der Waals surface area contributed by atoms with E-state index >= 15 is 0 Å². The standard InChI is InChI=1S/C23H31ClN6O/c1-29(2)21-19-8-3-4-9-20(19)27-23(28-21)26-16-10-12-17(13-11-16)30(22(25)31)18-7-5-6-15(24)14-18/h5-7,14,16-17H,3-4,8-13H2,1-2H3,(H2,25,31)(H,26,27,28). The molecule has 8 heteroatoms. The van der Waals surface area contributed by atoms with E-state index < -0.39 is 6.03 Å². The van der Waals surface area contributed by atoms with Gasteiger partial charge in [-0.15, -0.1) is 0 Å². The van der Waals surface area contributed by atoms with Crippen LogP contribution in [0.3, 0.4) is 0 Å². The molecule has 0 saturated heterocycles. The van der Waals surface area contributed by atoms with Gasteiger partial charge in [-0.1, -0.05) is 17.7 Å². The van der Waals surface area contributed by atoms with E-state index in [0.29, 0.717) is 5.02 Å². The Hall–Kier alpha value is -2.54. The van der Waals surface area contributed by atoms with Crippen LogP contribution in [0.4, 0.5) is 22.2 Å². The number of anilines is 3. The average Bonchev–Trinajstić information content (AvgIpc) is 2.74. The Labute approximate surface area is 189 Å². The number of amides is 2. The van der Waals surface area contributed by atoms with E-state index in [-0.39, 0.29) is 12.1 Å². The lowest BCUT2D eigenvalue weighted by Crippen LogP contribution is -2.46. The largest absolute Gasteiger partial charge is 0.362 e. The van der Waals surface area contributed by atoms with Gasteiger partial charge in [0, 0.05) is 42.5 Å². The van der Waals surface area contributed by atoms with Gasteiger partial charge in [0.2, 0.25) is 5.95 Å². The minimum atomic E-state index is -0.438. The molecule has 0 radical (unpaired) electrons. The van der Waals surface area contributed by atoms with Crippen LogP contribution in [-0.2, 0) is 12.8 Å². The van der Waals surface area contributed by atoms with Crippen LogP contribution in [-0.4, -0.2) is 42.2 Å². The smallest absolute Gasteiger partial charge is 0.319 e. The van der Waals surface area contributed by atoms with E-state index in [4.69, 9.17) is 27.3 Å². The molecule has 2 aromatic rings. The highest BCUT2D eigenvalue weighted by Gasteiger charge is 2.30. The highest BCUT2D eigenvalue weighted by molar-refractivity contribution is 6.30. The zero-order valence-corrected chi connectivity index (χ0v) is 19.0. The zero-order chi connectivity index (χ0) is 22.0. The van der Waals surface area contributed by atoms with Crippen molar-refractivity contribution in [3.8, 4) is 0 Å². The molecule has 1 heterocycles. The molecular formula is C23H31ClN6O. The number of nitrogens with zero attached hydrogens (tertiary/aromatic N) is 4. The normalized spacial score (nSPS) is 20.6. The molecule has 166 valence electrons. The van der Waals surface area contributed by atoms with Crippen molar-refractivity contribution < 1.29 is 4.79 Å². The Morgan fingerprint density at radius 2 is 1.87 bits per heavy atom. The average molecular weight is 443 g/mol. The summed E-state index contributed by atoms with van der Waals surface area (Å²) in [6, 6.07) is 7.22. The van der Waals surface area contributed by atoms with Crippen LogP contribution < -0.4 is 20.9 Å². The lowest BCUT2D eigenvalue weighted by atomic mass is 9.90. The number of aryl methyl sites for hydroxylation is 1. The maximum Gasteiger partial charge on any atom is 0.319 e. The number of nitrogens with one attached hydrogen (secondary N) is 1.